The van der Waals surface area contributed by atoms with Crippen molar-refractivity contribution in [3.05, 3.63) is 101 Å². The van der Waals surface area contributed by atoms with E-state index in [0.717, 1.165) is 42.9 Å². The molecule has 3 aromatic rings. The van der Waals surface area contributed by atoms with Crippen molar-refractivity contribution >= 4 is 29.6 Å². The number of aryl methyl sites for hydroxylation is 2. The molecular formula is C30H31N3O8. The number of aliphatic hydroxyl groups is 2. The summed E-state index contributed by atoms with van der Waals surface area (Å²) in [6, 6.07) is 10.3. The van der Waals surface area contributed by atoms with Gasteiger partial charge in [-0.05, 0) is 32.7 Å². The van der Waals surface area contributed by atoms with Crippen molar-refractivity contribution in [3.8, 4) is 0 Å². The fourth-order valence-electron chi connectivity index (χ4n) is 4.15. The van der Waals surface area contributed by atoms with E-state index in [4.69, 9.17) is 0 Å². The normalized spacial score (nSPS) is 17.5. The van der Waals surface area contributed by atoms with Crippen LogP contribution in [0, 0.1) is 19.8 Å². The van der Waals surface area contributed by atoms with Gasteiger partial charge in [-0.3, -0.25) is 9.59 Å². The molecule has 214 valence electrons. The van der Waals surface area contributed by atoms with Gasteiger partial charge in [0.1, 0.15) is 6.33 Å². The van der Waals surface area contributed by atoms with Crippen molar-refractivity contribution in [2.45, 2.75) is 31.5 Å². The zero-order chi connectivity index (χ0) is 30.2. The van der Waals surface area contributed by atoms with E-state index in [1.807, 2.05) is 12.4 Å². The minimum Gasteiger partial charge on any atom is -0.479 e. The van der Waals surface area contributed by atoms with Gasteiger partial charge in [0, 0.05) is 35.6 Å². The average molecular weight is 562 g/mol. The monoisotopic (exact) mass is 561 g/mol. The zero-order valence-electron chi connectivity index (χ0n) is 22.5. The van der Waals surface area contributed by atoms with Gasteiger partial charge in [-0.25, -0.2) is 19.6 Å². The number of nitrogens with one attached hydrogen (secondary N) is 1. The highest BCUT2D eigenvalue weighted by Crippen LogP contribution is 2.32. The maximum Gasteiger partial charge on any atom is 0.348 e. The summed E-state index contributed by atoms with van der Waals surface area (Å²) in [5, 5.41) is 43.6. The van der Waals surface area contributed by atoms with Crippen LogP contribution < -0.4 is 5.32 Å². The number of nitrogens with zero attached hydrogens (tertiary/aromatic N) is 2. The lowest BCUT2D eigenvalue weighted by molar-refractivity contribution is -0.187. The van der Waals surface area contributed by atoms with Gasteiger partial charge in [0.2, 0.25) is 11.6 Å². The van der Waals surface area contributed by atoms with Crippen LogP contribution in [-0.4, -0.2) is 78.2 Å². The molecule has 2 aromatic carbocycles. The Bertz CT molecular complexity index is 1340. The number of carboxylic acids is 2. The predicted octanol–water partition coefficient (Wildman–Crippen LogP) is 2.10. The molecule has 0 unspecified atom stereocenters. The number of hydrogen-bond donors (Lipinski definition) is 5. The number of ketones is 2. The molecule has 1 aliphatic heterocycles. The van der Waals surface area contributed by atoms with Crippen LogP contribution in [0.25, 0.3) is 6.08 Å². The number of benzene rings is 2. The molecule has 0 spiro atoms. The summed E-state index contributed by atoms with van der Waals surface area (Å²) >= 11 is 0. The molecule has 11 heteroatoms. The first kappa shape index (κ1) is 31.0. The van der Waals surface area contributed by atoms with Crippen LogP contribution in [0.3, 0.4) is 0 Å². The first-order valence-corrected chi connectivity index (χ1v) is 12.7. The molecule has 1 aromatic heterocycles. The Morgan fingerprint density at radius 2 is 1.24 bits per heavy atom. The van der Waals surface area contributed by atoms with Crippen molar-refractivity contribution in [1.29, 1.82) is 0 Å². The van der Waals surface area contributed by atoms with Crippen molar-refractivity contribution in [2.24, 2.45) is 5.92 Å². The SMILES string of the molecule is C(=C\[C@H]1CCNC1)/c1cncnc1.Cc1ccc(C(=O)[C@@](O)(C(=O)O)[C@](O)(C(=O)O)C(=O)c2ccc(C)cc2)cc1. The number of carbonyl (C=O) groups excluding carboxylic acids is 2. The molecule has 4 rings (SSSR count). The summed E-state index contributed by atoms with van der Waals surface area (Å²) < 4.78 is 0. The van der Waals surface area contributed by atoms with Crippen LogP contribution in [0.1, 0.15) is 43.8 Å². The molecule has 0 saturated carbocycles. The predicted molar refractivity (Wildman–Crippen MR) is 148 cm³/mol. The van der Waals surface area contributed by atoms with E-state index in [1.54, 1.807) is 20.2 Å². The maximum atomic E-state index is 12.8. The second kappa shape index (κ2) is 13.2. The van der Waals surface area contributed by atoms with Crippen molar-refractivity contribution < 1.29 is 39.6 Å². The lowest BCUT2D eigenvalue weighted by Crippen LogP contribution is -2.71. The van der Waals surface area contributed by atoms with Gasteiger partial charge >= 0.3 is 11.9 Å². The zero-order valence-corrected chi connectivity index (χ0v) is 22.5. The number of aliphatic carboxylic acids is 2. The van der Waals surface area contributed by atoms with Crippen molar-refractivity contribution in [3.63, 3.8) is 0 Å². The van der Waals surface area contributed by atoms with Crippen LogP contribution in [0.4, 0.5) is 0 Å². The second-order valence-electron chi connectivity index (χ2n) is 9.71. The highest BCUT2D eigenvalue weighted by molar-refractivity contribution is 6.28. The number of aromatic nitrogens is 2. The summed E-state index contributed by atoms with van der Waals surface area (Å²) in [6.07, 6.45) is 10.8. The number of hydrogen-bond acceptors (Lipinski definition) is 9. The van der Waals surface area contributed by atoms with E-state index in [0.29, 0.717) is 17.0 Å². The molecule has 0 bridgehead atoms. The smallest absolute Gasteiger partial charge is 0.348 e. The third kappa shape index (κ3) is 6.77. The molecule has 0 radical (unpaired) electrons. The Morgan fingerprint density at radius 1 is 0.805 bits per heavy atom. The first-order valence-electron chi connectivity index (χ1n) is 12.7. The van der Waals surface area contributed by atoms with Crippen molar-refractivity contribution in [2.75, 3.05) is 13.1 Å². The Hall–Kier alpha value is -4.58. The van der Waals surface area contributed by atoms with Crippen LogP contribution in [0.15, 0.2) is 73.3 Å². The van der Waals surface area contributed by atoms with Crippen LogP contribution in [-0.2, 0) is 9.59 Å². The minimum absolute atomic E-state index is 0.383. The highest BCUT2D eigenvalue weighted by Gasteiger charge is 2.69. The third-order valence-corrected chi connectivity index (χ3v) is 6.67. The number of rotatable bonds is 9. The fourth-order valence-corrected chi connectivity index (χ4v) is 4.15. The molecule has 3 atom stereocenters. The molecule has 2 heterocycles. The highest BCUT2D eigenvalue weighted by atomic mass is 16.5. The molecule has 0 amide bonds. The summed E-state index contributed by atoms with van der Waals surface area (Å²) in [5.41, 5.74) is -6.20. The minimum atomic E-state index is -3.96. The lowest BCUT2D eigenvalue weighted by Gasteiger charge is -2.34. The number of carboxylic acid groups (broad SMARTS) is 2. The molecule has 0 aliphatic carbocycles. The average Bonchev–Trinajstić information content (AvgIpc) is 3.50. The molecular weight excluding hydrogens is 530 g/mol. The standard InChI is InChI=1S/C20H18O8.C10H13N3/c1-11-3-7-13(8-4-11)15(21)19(27,17(23)24)20(28,18(25)26)16(22)14-9-5-12(2)6-10-14;1(9-3-4-11-5-9)2-10-6-12-8-13-7-10/h3-10,27-28H,1-2H3,(H,23,24)(H,25,26);1-2,6-9,11H,3-5H2/b;2-1+/t19-,20-;9-/m10/s1. The van der Waals surface area contributed by atoms with Gasteiger partial charge in [0.05, 0.1) is 0 Å². The van der Waals surface area contributed by atoms with Gasteiger partial charge in [-0.1, -0.05) is 71.8 Å². The van der Waals surface area contributed by atoms with Gasteiger partial charge in [-0.15, -0.1) is 0 Å². The van der Waals surface area contributed by atoms with E-state index in [2.05, 4.69) is 27.4 Å². The van der Waals surface area contributed by atoms with E-state index in [-0.39, 0.29) is 11.1 Å². The van der Waals surface area contributed by atoms with E-state index in [1.165, 1.54) is 30.7 Å². The second-order valence-corrected chi connectivity index (χ2v) is 9.71. The Morgan fingerprint density at radius 3 is 1.61 bits per heavy atom. The molecule has 11 nitrogen and oxygen atoms in total. The van der Waals surface area contributed by atoms with Gasteiger partial charge in [0.15, 0.2) is 0 Å². The molecule has 1 fully saturated rings. The van der Waals surface area contributed by atoms with Crippen LogP contribution in [0.5, 0.6) is 0 Å². The third-order valence-electron chi connectivity index (χ3n) is 6.67. The molecule has 41 heavy (non-hydrogen) atoms. The lowest BCUT2D eigenvalue weighted by atomic mass is 9.73. The van der Waals surface area contributed by atoms with Gasteiger partial charge in [0.25, 0.3) is 11.2 Å². The summed E-state index contributed by atoms with van der Waals surface area (Å²) in [5.74, 6) is -7.33. The summed E-state index contributed by atoms with van der Waals surface area (Å²) in [6.45, 7) is 5.61. The Kier molecular flexibility index (Phi) is 9.95. The molecule has 1 aliphatic rings. The summed E-state index contributed by atoms with van der Waals surface area (Å²) in [4.78, 5) is 57.0. The maximum absolute atomic E-state index is 12.8. The van der Waals surface area contributed by atoms with E-state index >= 15 is 0 Å². The van der Waals surface area contributed by atoms with E-state index < -0.39 is 34.7 Å². The number of carbonyl (C=O) groups is 4. The van der Waals surface area contributed by atoms with Gasteiger partial charge < -0.3 is 25.7 Å². The fraction of sp³-hybridized carbons (Fsp3) is 0.267. The van der Waals surface area contributed by atoms with Gasteiger partial charge in [-0.2, -0.15) is 0 Å². The Balaban J connectivity index is 0.000000294. The topological polar surface area (TPSA) is 187 Å². The first-order chi connectivity index (χ1) is 19.4. The van der Waals surface area contributed by atoms with Crippen molar-refractivity contribution in [1.82, 2.24) is 15.3 Å². The Labute approximate surface area is 236 Å². The summed E-state index contributed by atoms with van der Waals surface area (Å²) in [7, 11) is 0. The molecule has 1 saturated heterocycles. The van der Waals surface area contributed by atoms with E-state index in [9.17, 15) is 39.6 Å². The quantitative estimate of drug-likeness (QED) is 0.190. The van der Waals surface area contributed by atoms with Crippen LogP contribution >= 0.6 is 0 Å². The largest absolute Gasteiger partial charge is 0.479 e. The van der Waals surface area contributed by atoms with Crippen LogP contribution in [0.2, 0.25) is 0 Å². The number of Topliss-reactive ketones (excluding diaryl/α,β-unsaturated/α-hetero) is 2. The molecule has 5 N–H and O–H groups in total.